The first-order valence-corrected chi connectivity index (χ1v) is 7.81. The number of aryl methyl sites for hydroxylation is 1. The quantitative estimate of drug-likeness (QED) is 0.742. The largest absolute Gasteiger partial charge is 0.382 e. The highest BCUT2D eigenvalue weighted by Crippen LogP contribution is 2.30. The summed E-state index contributed by atoms with van der Waals surface area (Å²) in [5.41, 5.74) is 4.66. The third-order valence-corrected chi connectivity index (χ3v) is 4.61. The predicted octanol–water partition coefficient (Wildman–Crippen LogP) is 4.70. The molecule has 18 heavy (non-hydrogen) atoms. The third kappa shape index (κ3) is 2.71. The summed E-state index contributed by atoms with van der Waals surface area (Å²) in [4.78, 5) is 0. The van der Waals surface area contributed by atoms with Crippen molar-refractivity contribution in [3.63, 3.8) is 0 Å². The Bertz CT molecular complexity index is 389. The highest BCUT2D eigenvalue weighted by molar-refractivity contribution is 5.56. The normalized spacial score (nSPS) is 21.1. The van der Waals surface area contributed by atoms with E-state index in [0.717, 1.165) is 6.04 Å². The van der Waals surface area contributed by atoms with Crippen LogP contribution in [0.3, 0.4) is 0 Å². The zero-order valence-corrected chi connectivity index (χ0v) is 11.4. The van der Waals surface area contributed by atoms with Gasteiger partial charge in [-0.05, 0) is 55.7 Å². The molecular formula is C17H25N. The molecule has 0 atom stereocenters. The van der Waals surface area contributed by atoms with Gasteiger partial charge >= 0.3 is 0 Å². The molecule has 2 aliphatic carbocycles. The summed E-state index contributed by atoms with van der Waals surface area (Å²) in [6, 6.07) is 7.59. The Kier molecular flexibility index (Phi) is 3.87. The minimum Gasteiger partial charge on any atom is -0.382 e. The molecule has 0 aliphatic heterocycles. The van der Waals surface area contributed by atoms with Gasteiger partial charge in [-0.3, -0.25) is 0 Å². The van der Waals surface area contributed by atoms with Crippen molar-refractivity contribution in [1.29, 1.82) is 0 Å². The summed E-state index contributed by atoms with van der Waals surface area (Å²) in [7, 11) is 0. The fourth-order valence-electron chi connectivity index (χ4n) is 3.56. The van der Waals surface area contributed by atoms with Crippen LogP contribution in [0, 0.1) is 0 Å². The molecule has 0 heterocycles. The second kappa shape index (κ2) is 5.77. The Labute approximate surface area is 111 Å². The summed E-state index contributed by atoms with van der Waals surface area (Å²) < 4.78 is 0. The number of hydrogen-bond acceptors (Lipinski definition) is 1. The van der Waals surface area contributed by atoms with Crippen LogP contribution in [0.2, 0.25) is 0 Å². The first-order valence-electron chi connectivity index (χ1n) is 7.81. The Balaban J connectivity index is 1.75. The van der Waals surface area contributed by atoms with E-state index in [0.29, 0.717) is 0 Å². The SMILES string of the molecule is c1cc2c(c(NC3CCCCCC3)c1)CCCC2. The number of rotatable bonds is 2. The number of hydrogen-bond donors (Lipinski definition) is 1. The van der Waals surface area contributed by atoms with Crippen LogP contribution in [0.1, 0.15) is 62.5 Å². The van der Waals surface area contributed by atoms with Gasteiger partial charge in [0, 0.05) is 11.7 Å². The van der Waals surface area contributed by atoms with E-state index in [1.807, 2.05) is 0 Å². The molecule has 1 aromatic rings. The first-order chi connectivity index (χ1) is 8.93. The second-order valence-corrected chi connectivity index (χ2v) is 5.98. The molecule has 0 spiro atoms. The lowest BCUT2D eigenvalue weighted by atomic mass is 9.90. The molecule has 0 aromatic heterocycles. The van der Waals surface area contributed by atoms with E-state index in [9.17, 15) is 0 Å². The Morgan fingerprint density at radius 2 is 1.61 bits per heavy atom. The molecule has 0 radical (unpaired) electrons. The molecule has 1 heteroatoms. The lowest BCUT2D eigenvalue weighted by molar-refractivity contribution is 0.616. The smallest absolute Gasteiger partial charge is 0.0377 e. The van der Waals surface area contributed by atoms with Crippen molar-refractivity contribution in [1.82, 2.24) is 0 Å². The number of benzene rings is 1. The van der Waals surface area contributed by atoms with Gasteiger partial charge in [0.2, 0.25) is 0 Å². The molecule has 1 N–H and O–H groups in total. The van der Waals surface area contributed by atoms with Crippen LogP contribution < -0.4 is 5.32 Å². The fourth-order valence-corrected chi connectivity index (χ4v) is 3.56. The Morgan fingerprint density at radius 1 is 0.833 bits per heavy atom. The fraction of sp³-hybridized carbons (Fsp3) is 0.647. The van der Waals surface area contributed by atoms with Crippen LogP contribution in [0.15, 0.2) is 18.2 Å². The van der Waals surface area contributed by atoms with Crippen LogP contribution in [0.5, 0.6) is 0 Å². The van der Waals surface area contributed by atoms with Gasteiger partial charge in [-0.25, -0.2) is 0 Å². The average Bonchev–Trinajstić information content (AvgIpc) is 2.68. The maximum absolute atomic E-state index is 3.85. The molecule has 1 aromatic carbocycles. The van der Waals surface area contributed by atoms with Gasteiger partial charge in [-0.15, -0.1) is 0 Å². The van der Waals surface area contributed by atoms with E-state index < -0.39 is 0 Å². The van der Waals surface area contributed by atoms with Crippen molar-refractivity contribution in [2.45, 2.75) is 70.3 Å². The lowest BCUT2D eigenvalue weighted by Crippen LogP contribution is -2.20. The van der Waals surface area contributed by atoms with Gasteiger partial charge < -0.3 is 5.32 Å². The van der Waals surface area contributed by atoms with Crippen LogP contribution in [-0.4, -0.2) is 6.04 Å². The summed E-state index contributed by atoms with van der Waals surface area (Å²) >= 11 is 0. The molecule has 1 saturated carbocycles. The molecule has 2 aliphatic rings. The van der Waals surface area contributed by atoms with Crippen molar-refractivity contribution < 1.29 is 0 Å². The van der Waals surface area contributed by atoms with E-state index in [1.54, 1.807) is 11.1 Å². The Morgan fingerprint density at radius 3 is 2.44 bits per heavy atom. The van der Waals surface area contributed by atoms with Crippen LogP contribution >= 0.6 is 0 Å². The van der Waals surface area contributed by atoms with Gasteiger partial charge in [0.1, 0.15) is 0 Å². The van der Waals surface area contributed by atoms with Crippen molar-refractivity contribution in [3.8, 4) is 0 Å². The van der Waals surface area contributed by atoms with Crippen LogP contribution in [0.25, 0.3) is 0 Å². The third-order valence-electron chi connectivity index (χ3n) is 4.61. The number of nitrogens with one attached hydrogen (secondary N) is 1. The minimum absolute atomic E-state index is 0.723. The molecule has 1 fully saturated rings. The summed E-state index contributed by atoms with van der Waals surface area (Å²) in [5.74, 6) is 0. The molecule has 3 rings (SSSR count). The van der Waals surface area contributed by atoms with Crippen molar-refractivity contribution in [2.75, 3.05) is 5.32 Å². The highest BCUT2D eigenvalue weighted by atomic mass is 14.9. The molecule has 0 saturated heterocycles. The molecule has 0 amide bonds. The van der Waals surface area contributed by atoms with Crippen molar-refractivity contribution in [3.05, 3.63) is 29.3 Å². The maximum atomic E-state index is 3.85. The molecular weight excluding hydrogens is 218 g/mol. The lowest BCUT2D eigenvalue weighted by Gasteiger charge is -2.24. The molecule has 98 valence electrons. The highest BCUT2D eigenvalue weighted by Gasteiger charge is 2.16. The summed E-state index contributed by atoms with van der Waals surface area (Å²) in [6.45, 7) is 0. The standard InChI is InChI=1S/C17H25N/c1-2-4-11-15(10-3-1)18-17-13-7-9-14-8-5-6-12-16(14)17/h7,9,13,15,18H,1-6,8,10-12H2. The average molecular weight is 243 g/mol. The zero-order chi connectivity index (χ0) is 12.2. The topological polar surface area (TPSA) is 12.0 Å². The van der Waals surface area contributed by atoms with E-state index in [2.05, 4.69) is 23.5 Å². The van der Waals surface area contributed by atoms with Gasteiger partial charge in [0.05, 0.1) is 0 Å². The predicted molar refractivity (Wildman–Crippen MR) is 78.2 cm³/mol. The van der Waals surface area contributed by atoms with E-state index in [1.165, 1.54) is 69.9 Å². The van der Waals surface area contributed by atoms with E-state index in [4.69, 9.17) is 0 Å². The van der Waals surface area contributed by atoms with Crippen molar-refractivity contribution >= 4 is 5.69 Å². The van der Waals surface area contributed by atoms with Crippen LogP contribution in [-0.2, 0) is 12.8 Å². The van der Waals surface area contributed by atoms with Crippen LogP contribution in [0.4, 0.5) is 5.69 Å². The monoisotopic (exact) mass is 243 g/mol. The van der Waals surface area contributed by atoms with Gasteiger partial charge in [-0.1, -0.05) is 37.8 Å². The van der Waals surface area contributed by atoms with Crippen molar-refractivity contribution in [2.24, 2.45) is 0 Å². The summed E-state index contributed by atoms with van der Waals surface area (Å²) in [6.07, 6.45) is 13.7. The van der Waals surface area contributed by atoms with E-state index >= 15 is 0 Å². The van der Waals surface area contributed by atoms with Gasteiger partial charge in [0.25, 0.3) is 0 Å². The molecule has 0 bridgehead atoms. The number of anilines is 1. The number of fused-ring (bicyclic) bond motifs is 1. The summed E-state index contributed by atoms with van der Waals surface area (Å²) in [5, 5.41) is 3.85. The van der Waals surface area contributed by atoms with Gasteiger partial charge in [-0.2, -0.15) is 0 Å². The maximum Gasteiger partial charge on any atom is 0.0377 e. The van der Waals surface area contributed by atoms with Gasteiger partial charge in [0.15, 0.2) is 0 Å². The first kappa shape index (κ1) is 12.1. The second-order valence-electron chi connectivity index (χ2n) is 5.98. The molecule has 0 unspecified atom stereocenters. The Hall–Kier alpha value is -0.980. The zero-order valence-electron chi connectivity index (χ0n) is 11.4. The minimum atomic E-state index is 0.723. The van der Waals surface area contributed by atoms with E-state index in [-0.39, 0.29) is 0 Å². The molecule has 1 nitrogen and oxygen atoms in total.